The van der Waals surface area contributed by atoms with Crippen LogP contribution in [0.25, 0.3) is 0 Å². The number of thiocarbonyl (C=S) groups is 1. The van der Waals surface area contributed by atoms with E-state index in [4.69, 9.17) is 17.0 Å². The van der Waals surface area contributed by atoms with Gasteiger partial charge < -0.3 is 15.4 Å². The van der Waals surface area contributed by atoms with Crippen molar-refractivity contribution in [3.05, 3.63) is 58.3 Å². The number of hydrogen-bond donors (Lipinski definition) is 2. The zero-order valence-electron chi connectivity index (χ0n) is 14.6. The minimum atomic E-state index is -0.343. The van der Waals surface area contributed by atoms with Crippen LogP contribution in [-0.4, -0.2) is 11.7 Å². The molecule has 0 aliphatic heterocycles. The summed E-state index contributed by atoms with van der Waals surface area (Å²) in [5, 5.41) is 6.87. The van der Waals surface area contributed by atoms with Crippen molar-refractivity contribution < 1.29 is 9.13 Å². The first-order valence-electron chi connectivity index (χ1n) is 8.80. The molecule has 26 heavy (non-hydrogen) atoms. The molecule has 2 N–H and O–H groups in total. The van der Waals surface area contributed by atoms with Crippen LogP contribution >= 0.6 is 28.1 Å². The van der Waals surface area contributed by atoms with Crippen LogP contribution < -0.4 is 15.4 Å². The fourth-order valence-electron chi connectivity index (χ4n) is 3.46. The molecule has 3 nitrogen and oxygen atoms in total. The molecule has 3 rings (SSSR count). The minimum Gasteiger partial charge on any atom is -0.494 e. The van der Waals surface area contributed by atoms with E-state index in [-0.39, 0.29) is 11.4 Å². The van der Waals surface area contributed by atoms with Crippen LogP contribution in [0.15, 0.2) is 46.9 Å². The molecule has 0 spiro atoms. The van der Waals surface area contributed by atoms with Crippen molar-refractivity contribution in [2.75, 3.05) is 11.9 Å². The smallest absolute Gasteiger partial charge is 0.171 e. The lowest BCUT2D eigenvalue weighted by atomic mass is 9.88. The van der Waals surface area contributed by atoms with Gasteiger partial charge >= 0.3 is 0 Å². The molecule has 0 bridgehead atoms. The minimum absolute atomic E-state index is 0.222. The standard InChI is InChI=1S/C20H22BrFN2OS/c1-2-25-16-8-5-14(6-9-16)20(11-3-4-12-20)24-19(26)23-18-10-7-15(21)13-17(18)22/h5-10,13H,2-4,11-12H2,1H3,(H2,23,24,26). The van der Waals surface area contributed by atoms with Crippen molar-refractivity contribution in [3.63, 3.8) is 0 Å². The Morgan fingerprint density at radius 1 is 1.19 bits per heavy atom. The van der Waals surface area contributed by atoms with Gasteiger partial charge in [0.15, 0.2) is 5.11 Å². The average Bonchev–Trinajstić information content (AvgIpc) is 3.08. The van der Waals surface area contributed by atoms with Gasteiger partial charge in [-0.25, -0.2) is 4.39 Å². The predicted octanol–water partition coefficient (Wildman–Crippen LogP) is 5.74. The molecule has 2 aromatic rings. The van der Waals surface area contributed by atoms with Crippen LogP contribution in [0.2, 0.25) is 0 Å². The van der Waals surface area contributed by atoms with E-state index in [1.54, 1.807) is 12.1 Å². The van der Waals surface area contributed by atoms with Gasteiger partial charge in [0, 0.05) is 4.47 Å². The van der Waals surface area contributed by atoms with Gasteiger partial charge in [-0.05, 0) is 67.9 Å². The van der Waals surface area contributed by atoms with Gasteiger partial charge in [0.05, 0.1) is 17.8 Å². The van der Waals surface area contributed by atoms with Gasteiger partial charge in [-0.3, -0.25) is 0 Å². The summed E-state index contributed by atoms with van der Waals surface area (Å²) in [6, 6.07) is 13.0. The molecule has 1 fully saturated rings. The van der Waals surface area contributed by atoms with Crippen molar-refractivity contribution in [2.45, 2.75) is 38.1 Å². The molecule has 1 aliphatic rings. The first-order valence-corrected chi connectivity index (χ1v) is 10.00. The summed E-state index contributed by atoms with van der Waals surface area (Å²) < 4.78 is 20.3. The number of halogens is 2. The number of anilines is 1. The Balaban J connectivity index is 1.76. The second-order valence-electron chi connectivity index (χ2n) is 6.45. The molecule has 2 aromatic carbocycles. The van der Waals surface area contributed by atoms with E-state index in [0.29, 0.717) is 21.9 Å². The maximum atomic E-state index is 14.1. The summed E-state index contributed by atoms with van der Waals surface area (Å²) in [5.41, 5.74) is 1.32. The van der Waals surface area contributed by atoms with Crippen LogP contribution in [0.5, 0.6) is 5.75 Å². The van der Waals surface area contributed by atoms with E-state index in [1.165, 1.54) is 11.6 Å². The first-order chi connectivity index (χ1) is 12.5. The Morgan fingerprint density at radius 2 is 1.88 bits per heavy atom. The normalized spacial score (nSPS) is 15.5. The molecule has 0 unspecified atom stereocenters. The van der Waals surface area contributed by atoms with Crippen molar-refractivity contribution in [3.8, 4) is 5.75 Å². The topological polar surface area (TPSA) is 33.3 Å². The van der Waals surface area contributed by atoms with Crippen LogP contribution in [-0.2, 0) is 5.54 Å². The third kappa shape index (κ3) is 4.35. The lowest BCUT2D eigenvalue weighted by Crippen LogP contribution is -2.45. The van der Waals surface area contributed by atoms with Crippen LogP contribution in [0, 0.1) is 5.82 Å². The van der Waals surface area contributed by atoms with Gasteiger partial charge in [0.1, 0.15) is 11.6 Å². The number of hydrogen-bond acceptors (Lipinski definition) is 2. The molecule has 1 aliphatic carbocycles. The molecule has 0 aromatic heterocycles. The molecule has 0 atom stereocenters. The molecular formula is C20H22BrFN2OS. The highest BCUT2D eigenvalue weighted by atomic mass is 79.9. The molecule has 0 radical (unpaired) electrons. The Morgan fingerprint density at radius 3 is 2.50 bits per heavy atom. The fourth-order valence-corrected chi connectivity index (χ4v) is 4.10. The summed E-state index contributed by atoms with van der Waals surface area (Å²) >= 11 is 8.74. The van der Waals surface area contributed by atoms with Gasteiger partial charge in [-0.1, -0.05) is 40.9 Å². The van der Waals surface area contributed by atoms with Crippen molar-refractivity contribution in [1.82, 2.24) is 5.32 Å². The SMILES string of the molecule is CCOc1ccc(C2(NC(=S)Nc3ccc(Br)cc3F)CCCC2)cc1. The van der Waals surface area contributed by atoms with Crippen LogP contribution in [0.3, 0.4) is 0 Å². The number of benzene rings is 2. The Hall–Kier alpha value is -1.66. The first kappa shape index (κ1) is 19.1. The Labute approximate surface area is 167 Å². The third-order valence-electron chi connectivity index (χ3n) is 4.71. The molecule has 0 heterocycles. The van der Waals surface area contributed by atoms with Gasteiger partial charge in [-0.2, -0.15) is 0 Å². The molecule has 1 saturated carbocycles. The zero-order chi connectivity index (χ0) is 18.6. The molecule has 0 saturated heterocycles. The maximum Gasteiger partial charge on any atom is 0.171 e. The number of nitrogens with one attached hydrogen (secondary N) is 2. The third-order valence-corrected chi connectivity index (χ3v) is 5.40. The lowest BCUT2D eigenvalue weighted by molar-refractivity contribution is 0.339. The molecule has 6 heteroatoms. The monoisotopic (exact) mass is 436 g/mol. The number of ether oxygens (including phenoxy) is 1. The van der Waals surface area contributed by atoms with E-state index in [9.17, 15) is 4.39 Å². The highest BCUT2D eigenvalue weighted by molar-refractivity contribution is 9.10. The predicted molar refractivity (Wildman–Crippen MR) is 111 cm³/mol. The van der Waals surface area contributed by atoms with Crippen LogP contribution in [0.4, 0.5) is 10.1 Å². The summed E-state index contributed by atoms with van der Waals surface area (Å²) in [5.74, 6) is 0.520. The lowest BCUT2D eigenvalue weighted by Gasteiger charge is -2.32. The summed E-state index contributed by atoms with van der Waals surface area (Å²) in [4.78, 5) is 0. The highest BCUT2D eigenvalue weighted by Gasteiger charge is 2.36. The second-order valence-corrected chi connectivity index (χ2v) is 7.77. The Kier molecular flexibility index (Phi) is 6.14. The fraction of sp³-hybridized carbons (Fsp3) is 0.350. The number of rotatable bonds is 5. The molecule has 0 amide bonds. The van der Waals surface area contributed by atoms with Gasteiger partial charge in [0.2, 0.25) is 0 Å². The zero-order valence-corrected chi connectivity index (χ0v) is 17.1. The van der Waals surface area contributed by atoms with E-state index in [2.05, 4.69) is 38.7 Å². The van der Waals surface area contributed by atoms with Crippen molar-refractivity contribution in [1.29, 1.82) is 0 Å². The highest BCUT2D eigenvalue weighted by Crippen LogP contribution is 2.39. The van der Waals surface area contributed by atoms with E-state index < -0.39 is 0 Å². The maximum absolute atomic E-state index is 14.1. The van der Waals surface area contributed by atoms with E-state index in [1.807, 2.05) is 19.1 Å². The van der Waals surface area contributed by atoms with Gasteiger partial charge in [0.25, 0.3) is 0 Å². The summed E-state index contributed by atoms with van der Waals surface area (Å²) in [6.07, 6.45) is 4.25. The van der Waals surface area contributed by atoms with Crippen molar-refractivity contribution in [2.24, 2.45) is 0 Å². The molecule has 138 valence electrons. The van der Waals surface area contributed by atoms with Crippen molar-refractivity contribution >= 4 is 38.9 Å². The van der Waals surface area contributed by atoms with Gasteiger partial charge in [-0.15, -0.1) is 0 Å². The van der Waals surface area contributed by atoms with E-state index >= 15 is 0 Å². The quantitative estimate of drug-likeness (QED) is 0.585. The van der Waals surface area contributed by atoms with Crippen LogP contribution in [0.1, 0.15) is 38.2 Å². The molecular weight excluding hydrogens is 415 g/mol. The average molecular weight is 437 g/mol. The Bertz CT molecular complexity index is 776. The largest absolute Gasteiger partial charge is 0.494 e. The second kappa shape index (κ2) is 8.35. The summed E-state index contributed by atoms with van der Waals surface area (Å²) in [7, 11) is 0. The van der Waals surface area contributed by atoms with E-state index in [0.717, 1.165) is 31.4 Å². The summed E-state index contributed by atoms with van der Waals surface area (Å²) in [6.45, 7) is 2.62.